The Hall–Kier alpha value is -1.22. The summed E-state index contributed by atoms with van der Waals surface area (Å²) < 4.78 is 0. The number of anilines is 1. The van der Waals surface area contributed by atoms with E-state index in [2.05, 4.69) is 10.6 Å². The molecule has 0 bridgehead atoms. The number of rotatable bonds is 3. The molecule has 1 aromatic carbocycles. The first-order chi connectivity index (χ1) is 7.37. The standard InChI is InChI=1S/C12H17ClN2O/c1-12(2,3)15-11(16)8-14-10-6-4-5-9(13)7-10/h4-7,14H,8H2,1-3H3,(H,15,16). The molecule has 0 aliphatic heterocycles. The van der Waals surface area contributed by atoms with E-state index in [0.29, 0.717) is 5.02 Å². The van der Waals surface area contributed by atoms with Gasteiger partial charge in [-0.15, -0.1) is 0 Å². The summed E-state index contributed by atoms with van der Waals surface area (Å²) in [6.45, 7) is 6.09. The molecule has 3 nitrogen and oxygen atoms in total. The van der Waals surface area contributed by atoms with Gasteiger partial charge >= 0.3 is 0 Å². The van der Waals surface area contributed by atoms with Gasteiger partial charge in [-0.1, -0.05) is 17.7 Å². The second-order valence-corrected chi connectivity index (χ2v) is 5.10. The summed E-state index contributed by atoms with van der Waals surface area (Å²) in [7, 11) is 0. The molecule has 0 aromatic heterocycles. The van der Waals surface area contributed by atoms with Crippen molar-refractivity contribution in [2.24, 2.45) is 0 Å². The van der Waals surface area contributed by atoms with E-state index in [0.717, 1.165) is 5.69 Å². The van der Waals surface area contributed by atoms with E-state index in [1.54, 1.807) is 12.1 Å². The lowest BCUT2D eigenvalue weighted by molar-refractivity contribution is -0.120. The van der Waals surface area contributed by atoms with Crippen LogP contribution < -0.4 is 10.6 Å². The molecule has 0 radical (unpaired) electrons. The Labute approximate surface area is 101 Å². The summed E-state index contributed by atoms with van der Waals surface area (Å²) in [5, 5.41) is 6.53. The molecule has 0 atom stereocenters. The van der Waals surface area contributed by atoms with Crippen molar-refractivity contribution in [3.8, 4) is 0 Å². The van der Waals surface area contributed by atoms with Gasteiger partial charge in [0.15, 0.2) is 0 Å². The molecule has 0 fully saturated rings. The summed E-state index contributed by atoms with van der Waals surface area (Å²) in [5.74, 6) is -0.0347. The highest BCUT2D eigenvalue weighted by atomic mass is 35.5. The third-order valence-corrected chi connectivity index (χ3v) is 2.03. The fourth-order valence-corrected chi connectivity index (χ4v) is 1.43. The molecule has 16 heavy (non-hydrogen) atoms. The van der Waals surface area contributed by atoms with Crippen molar-refractivity contribution < 1.29 is 4.79 Å². The van der Waals surface area contributed by atoms with E-state index in [9.17, 15) is 4.79 Å². The largest absolute Gasteiger partial charge is 0.376 e. The second-order valence-electron chi connectivity index (χ2n) is 4.66. The first-order valence-corrected chi connectivity index (χ1v) is 5.55. The smallest absolute Gasteiger partial charge is 0.239 e. The molecule has 2 N–H and O–H groups in total. The summed E-state index contributed by atoms with van der Waals surface area (Å²) >= 11 is 5.83. The Kier molecular flexibility index (Phi) is 4.19. The Morgan fingerprint density at radius 2 is 2.06 bits per heavy atom. The number of halogens is 1. The van der Waals surface area contributed by atoms with E-state index in [-0.39, 0.29) is 18.0 Å². The summed E-state index contributed by atoms with van der Waals surface area (Å²) in [5.41, 5.74) is 0.643. The lowest BCUT2D eigenvalue weighted by Crippen LogP contribution is -2.43. The molecule has 4 heteroatoms. The van der Waals surface area contributed by atoms with E-state index in [4.69, 9.17) is 11.6 Å². The first-order valence-electron chi connectivity index (χ1n) is 5.17. The normalized spacial score (nSPS) is 11.0. The van der Waals surface area contributed by atoms with Crippen molar-refractivity contribution in [1.29, 1.82) is 0 Å². The fourth-order valence-electron chi connectivity index (χ4n) is 1.24. The quantitative estimate of drug-likeness (QED) is 0.853. The van der Waals surface area contributed by atoms with Gasteiger partial charge in [-0.2, -0.15) is 0 Å². The zero-order valence-corrected chi connectivity index (χ0v) is 10.6. The van der Waals surface area contributed by atoms with Crippen molar-refractivity contribution in [2.75, 3.05) is 11.9 Å². The Morgan fingerprint density at radius 1 is 1.38 bits per heavy atom. The van der Waals surface area contributed by atoms with Gasteiger partial charge in [-0.3, -0.25) is 4.79 Å². The van der Waals surface area contributed by atoms with E-state index in [1.807, 2.05) is 32.9 Å². The number of benzene rings is 1. The number of nitrogens with one attached hydrogen (secondary N) is 2. The Morgan fingerprint density at radius 3 is 2.62 bits per heavy atom. The Bertz CT molecular complexity index is 372. The molecule has 88 valence electrons. The van der Waals surface area contributed by atoms with Crippen LogP contribution >= 0.6 is 11.6 Å². The molecule has 0 unspecified atom stereocenters. The third kappa shape index (κ3) is 5.03. The molecular weight excluding hydrogens is 224 g/mol. The maximum Gasteiger partial charge on any atom is 0.239 e. The fraction of sp³-hybridized carbons (Fsp3) is 0.417. The van der Waals surface area contributed by atoms with Crippen molar-refractivity contribution >= 4 is 23.2 Å². The molecular formula is C12H17ClN2O. The van der Waals surface area contributed by atoms with E-state index >= 15 is 0 Å². The lowest BCUT2D eigenvalue weighted by Gasteiger charge is -2.20. The van der Waals surface area contributed by atoms with Crippen LogP contribution in [-0.4, -0.2) is 18.0 Å². The molecule has 1 amide bonds. The summed E-state index contributed by atoms with van der Waals surface area (Å²) in [6, 6.07) is 7.29. The van der Waals surface area contributed by atoms with Crippen LogP contribution in [0.4, 0.5) is 5.69 Å². The maximum atomic E-state index is 11.5. The highest BCUT2D eigenvalue weighted by Crippen LogP contribution is 2.14. The molecule has 0 aliphatic carbocycles. The molecule has 0 heterocycles. The monoisotopic (exact) mass is 240 g/mol. The first kappa shape index (κ1) is 12.8. The van der Waals surface area contributed by atoms with Gasteiger partial charge in [0.25, 0.3) is 0 Å². The SMILES string of the molecule is CC(C)(C)NC(=O)CNc1cccc(Cl)c1. The number of carbonyl (C=O) groups excluding carboxylic acids is 1. The van der Waals surface area contributed by atoms with Crippen LogP contribution in [0.1, 0.15) is 20.8 Å². The van der Waals surface area contributed by atoms with Gasteiger partial charge in [0.1, 0.15) is 0 Å². The second kappa shape index (κ2) is 5.21. The van der Waals surface area contributed by atoms with Gasteiger partial charge in [0.2, 0.25) is 5.91 Å². The van der Waals surface area contributed by atoms with Crippen LogP contribution in [-0.2, 0) is 4.79 Å². The van der Waals surface area contributed by atoms with Crippen LogP contribution in [0.15, 0.2) is 24.3 Å². The highest BCUT2D eigenvalue weighted by molar-refractivity contribution is 6.30. The predicted octanol–water partition coefficient (Wildman–Crippen LogP) is 2.67. The van der Waals surface area contributed by atoms with Gasteiger partial charge in [0.05, 0.1) is 6.54 Å². The van der Waals surface area contributed by atoms with E-state index in [1.165, 1.54) is 0 Å². The van der Waals surface area contributed by atoms with Crippen molar-refractivity contribution in [1.82, 2.24) is 5.32 Å². The molecule has 0 aliphatic rings. The number of hydrogen-bond acceptors (Lipinski definition) is 2. The van der Waals surface area contributed by atoms with Crippen molar-refractivity contribution in [3.63, 3.8) is 0 Å². The van der Waals surface area contributed by atoms with E-state index < -0.39 is 0 Å². The minimum absolute atomic E-state index is 0.0347. The van der Waals surface area contributed by atoms with Crippen molar-refractivity contribution in [3.05, 3.63) is 29.3 Å². The van der Waals surface area contributed by atoms with Crippen molar-refractivity contribution in [2.45, 2.75) is 26.3 Å². The molecule has 1 aromatic rings. The third-order valence-electron chi connectivity index (χ3n) is 1.79. The Balaban J connectivity index is 2.43. The van der Waals surface area contributed by atoms with Gasteiger partial charge in [-0.05, 0) is 39.0 Å². The summed E-state index contributed by atoms with van der Waals surface area (Å²) in [6.07, 6.45) is 0. The zero-order chi connectivity index (χ0) is 12.2. The van der Waals surface area contributed by atoms with Crippen LogP contribution in [0.2, 0.25) is 5.02 Å². The lowest BCUT2D eigenvalue weighted by atomic mass is 10.1. The molecule has 1 rings (SSSR count). The average molecular weight is 241 g/mol. The van der Waals surface area contributed by atoms with Crippen LogP contribution in [0.3, 0.4) is 0 Å². The van der Waals surface area contributed by atoms with Crippen LogP contribution in [0.25, 0.3) is 0 Å². The van der Waals surface area contributed by atoms with Crippen LogP contribution in [0.5, 0.6) is 0 Å². The number of amides is 1. The molecule has 0 spiro atoms. The predicted molar refractivity (Wildman–Crippen MR) is 67.8 cm³/mol. The minimum Gasteiger partial charge on any atom is -0.376 e. The molecule has 0 saturated carbocycles. The van der Waals surface area contributed by atoms with Gasteiger partial charge in [-0.25, -0.2) is 0 Å². The molecule has 0 saturated heterocycles. The summed E-state index contributed by atoms with van der Waals surface area (Å²) in [4.78, 5) is 11.5. The van der Waals surface area contributed by atoms with Gasteiger partial charge in [0, 0.05) is 16.2 Å². The highest BCUT2D eigenvalue weighted by Gasteiger charge is 2.12. The number of carbonyl (C=O) groups is 1. The topological polar surface area (TPSA) is 41.1 Å². The number of hydrogen-bond donors (Lipinski definition) is 2. The minimum atomic E-state index is -0.201. The zero-order valence-electron chi connectivity index (χ0n) is 9.80. The van der Waals surface area contributed by atoms with Gasteiger partial charge < -0.3 is 10.6 Å². The average Bonchev–Trinajstić information content (AvgIpc) is 2.12. The maximum absolute atomic E-state index is 11.5. The van der Waals surface area contributed by atoms with Crippen LogP contribution in [0, 0.1) is 0 Å².